The molecule has 2 heterocycles. The molecule has 134 valence electrons. The Balaban J connectivity index is 1.52. The van der Waals surface area contributed by atoms with Crippen molar-refractivity contribution in [2.75, 3.05) is 0 Å². The Kier molecular flexibility index (Phi) is 4.30. The van der Waals surface area contributed by atoms with Crippen LogP contribution in [0, 0.1) is 11.3 Å². The maximum absolute atomic E-state index is 12.6. The standard InChI is InChI=1S/C18H14ClN7O/c19-14-6-12(5-13(7-14)18(10-20)1-2-18)17(27)23-9-16-24-11-25-26(16)15-8-21-3-4-22-15/h3-8,11H,1-2,9H2,(H,23,27). The van der Waals surface area contributed by atoms with Gasteiger partial charge in [0.25, 0.3) is 5.91 Å². The van der Waals surface area contributed by atoms with E-state index >= 15 is 0 Å². The second kappa shape index (κ2) is 6.78. The fraction of sp³-hybridized carbons (Fsp3) is 0.222. The first-order valence-electron chi connectivity index (χ1n) is 8.27. The molecule has 1 amide bonds. The number of amides is 1. The predicted octanol–water partition coefficient (Wildman–Crippen LogP) is 2.20. The summed E-state index contributed by atoms with van der Waals surface area (Å²) in [6.45, 7) is 0.153. The van der Waals surface area contributed by atoms with E-state index in [1.807, 2.05) is 0 Å². The molecule has 1 fully saturated rings. The summed E-state index contributed by atoms with van der Waals surface area (Å²) >= 11 is 6.16. The van der Waals surface area contributed by atoms with Crippen molar-refractivity contribution < 1.29 is 4.79 Å². The summed E-state index contributed by atoms with van der Waals surface area (Å²) in [5, 5.41) is 16.7. The number of halogens is 1. The molecular weight excluding hydrogens is 366 g/mol. The third-order valence-corrected chi connectivity index (χ3v) is 4.69. The van der Waals surface area contributed by atoms with E-state index in [1.165, 1.54) is 11.0 Å². The molecule has 1 aromatic carbocycles. The van der Waals surface area contributed by atoms with Crippen LogP contribution in [0.15, 0.2) is 43.1 Å². The van der Waals surface area contributed by atoms with Gasteiger partial charge < -0.3 is 5.32 Å². The van der Waals surface area contributed by atoms with Crippen molar-refractivity contribution in [1.82, 2.24) is 30.0 Å². The topological polar surface area (TPSA) is 109 Å². The van der Waals surface area contributed by atoms with Gasteiger partial charge in [-0.15, -0.1) is 0 Å². The summed E-state index contributed by atoms with van der Waals surface area (Å²) in [5.41, 5.74) is 0.682. The van der Waals surface area contributed by atoms with Crippen LogP contribution >= 0.6 is 11.6 Å². The summed E-state index contributed by atoms with van der Waals surface area (Å²) in [4.78, 5) is 24.9. The van der Waals surface area contributed by atoms with Crippen LogP contribution in [0.2, 0.25) is 5.02 Å². The van der Waals surface area contributed by atoms with Gasteiger partial charge in [-0.1, -0.05) is 11.6 Å². The maximum atomic E-state index is 12.6. The third-order valence-electron chi connectivity index (χ3n) is 4.47. The lowest BCUT2D eigenvalue weighted by atomic mass is 9.95. The van der Waals surface area contributed by atoms with Gasteiger partial charge in [-0.2, -0.15) is 15.0 Å². The molecule has 0 saturated heterocycles. The molecule has 0 bridgehead atoms. The number of hydrogen-bond acceptors (Lipinski definition) is 6. The molecule has 0 atom stereocenters. The largest absolute Gasteiger partial charge is 0.345 e. The first-order chi connectivity index (χ1) is 13.1. The van der Waals surface area contributed by atoms with Gasteiger partial charge in [-0.05, 0) is 36.6 Å². The Morgan fingerprint density at radius 1 is 1.30 bits per heavy atom. The summed E-state index contributed by atoms with van der Waals surface area (Å²) in [6.07, 6.45) is 7.62. The molecular formula is C18H14ClN7O. The van der Waals surface area contributed by atoms with E-state index < -0.39 is 5.41 Å². The Hall–Kier alpha value is -3.31. The fourth-order valence-corrected chi connectivity index (χ4v) is 3.06. The molecule has 0 aliphatic heterocycles. The van der Waals surface area contributed by atoms with Crippen molar-refractivity contribution in [3.8, 4) is 11.9 Å². The van der Waals surface area contributed by atoms with E-state index in [9.17, 15) is 10.1 Å². The lowest BCUT2D eigenvalue weighted by Gasteiger charge is -2.11. The highest BCUT2D eigenvalue weighted by molar-refractivity contribution is 6.31. The van der Waals surface area contributed by atoms with Crippen molar-refractivity contribution in [2.45, 2.75) is 24.8 Å². The van der Waals surface area contributed by atoms with Crippen LogP contribution in [0.5, 0.6) is 0 Å². The molecule has 4 rings (SSSR count). The highest BCUT2D eigenvalue weighted by Crippen LogP contribution is 2.48. The highest BCUT2D eigenvalue weighted by Gasteiger charge is 2.45. The van der Waals surface area contributed by atoms with Crippen molar-refractivity contribution in [3.05, 3.63) is 65.1 Å². The van der Waals surface area contributed by atoms with E-state index in [0.717, 1.165) is 18.4 Å². The second-order valence-corrected chi connectivity index (χ2v) is 6.69. The molecule has 9 heteroatoms. The number of nitrogens with zero attached hydrogens (tertiary/aromatic N) is 6. The van der Waals surface area contributed by atoms with Gasteiger partial charge in [-0.25, -0.2) is 9.97 Å². The molecule has 1 aliphatic rings. The Morgan fingerprint density at radius 3 is 2.85 bits per heavy atom. The van der Waals surface area contributed by atoms with Gasteiger partial charge in [0, 0.05) is 23.0 Å². The number of nitriles is 1. The Labute approximate surface area is 159 Å². The average Bonchev–Trinajstić information content (AvgIpc) is 3.36. The van der Waals surface area contributed by atoms with E-state index in [4.69, 9.17) is 11.6 Å². The van der Waals surface area contributed by atoms with Crippen molar-refractivity contribution >= 4 is 17.5 Å². The normalized spacial score (nSPS) is 14.4. The molecule has 1 aliphatic carbocycles. The Morgan fingerprint density at radius 2 is 2.15 bits per heavy atom. The van der Waals surface area contributed by atoms with E-state index in [2.05, 4.69) is 31.4 Å². The first kappa shape index (κ1) is 17.1. The first-order valence-corrected chi connectivity index (χ1v) is 8.65. The zero-order valence-electron chi connectivity index (χ0n) is 14.1. The van der Waals surface area contributed by atoms with Crippen LogP contribution in [-0.4, -0.2) is 30.6 Å². The van der Waals surface area contributed by atoms with Gasteiger partial charge in [0.2, 0.25) is 0 Å². The smallest absolute Gasteiger partial charge is 0.251 e. The molecule has 0 radical (unpaired) electrons. The van der Waals surface area contributed by atoms with Crippen LogP contribution < -0.4 is 5.32 Å². The van der Waals surface area contributed by atoms with Crippen LogP contribution in [0.25, 0.3) is 5.82 Å². The molecule has 1 N–H and O–H groups in total. The van der Waals surface area contributed by atoms with Crippen molar-refractivity contribution in [1.29, 1.82) is 5.26 Å². The lowest BCUT2D eigenvalue weighted by Crippen LogP contribution is -2.25. The summed E-state index contributed by atoms with van der Waals surface area (Å²) in [6, 6.07) is 7.38. The number of carbonyl (C=O) groups excluding carboxylic acids is 1. The summed E-state index contributed by atoms with van der Waals surface area (Å²) in [5.74, 6) is 0.719. The van der Waals surface area contributed by atoms with Gasteiger partial charge in [0.1, 0.15) is 6.33 Å². The summed E-state index contributed by atoms with van der Waals surface area (Å²) < 4.78 is 1.51. The zero-order chi connectivity index (χ0) is 18.9. The number of hydrogen-bond donors (Lipinski definition) is 1. The minimum atomic E-state index is -0.508. The van der Waals surface area contributed by atoms with Crippen LogP contribution in [-0.2, 0) is 12.0 Å². The van der Waals surface area contributed by atoms with Gasteiger partial charge >= 0.3 is 0 Å². The second-order valence-electron chi connectivity index (χ2n) is 6.26. The summed E-state index contributed by atoms with van der Waals surface area (Å²) in [7, 11) is 0. The minimum Gasteiger partial charge on any atom is -0.345 e. The van der Waals surface area contributed by atoms with E-state index in [1.54, 1.807) is 36.8 Å². The highest BCUT2D eigenvalue weighted by atomic mass is 35.5. The van der Waals surface area contributed by atoms with Gasteiger partial charge in [-0.3, -0.25) is 9.78 Å². The number of aromatic nitrogens is 5. The minimum absolute atomic E-state index is 0.153. The number of carbonyl (C=O) groups is 1. The average molecular weight is 380 g/mol. The fourth-order valence-electron chi connectivity index (χ4n) is 2.83. The molecule has 0 unspecified atom stereocenters. The predicted molar refractivity (Wildman–Crippen MR) is 96.1 cm³/mol. The Bertz CT molecular complexity index is 1040. The molecule has 2 aromatic heterocycles. The monoisotopic (exact) mass is 379 g/mol. The third kappa shape index (κ3) is 3.37. The van der Waals surface area contributed by atoms with E-state index in [0.29, 0.717) is 22.2 Å². The van der Waals surface area contributed by atoms with E-state index in [-0.39, 0.29) is 12.5 Å². The van der Waals surface area contributed by atoms with Gasteiger partial charge in [0.15, 0.2) is 11.6 Å². The van der Waals surface area contributed by atoms with Crippen LogP contribution in [0.3, 0.4) is 0 Å². The molecule has 3 aromatic rings. The van der Waals surface area contributed by atoms with Crippen molar-refractivity contribution in [2.24, 2.45) is 0 Å². The molecule has 0 spiro atoms. The van der Waals surface area contributed by atoms with Crippen molar-refractivity contribution in [3.63, 3.8) is 0 Å². The maximum Gasteiger partial charge on any atom is 0.251 e. The number of rotatable bonds is 5. The van der Waals surface area contributed by atoms with Gasteiger partial charge in [0.05, 0.1) is 24.2 Å². The molecule has 1 saturated carbocycles. The number of nitrogens with one attached hydrogen (secondary N) is 1. The number of benzene rings is 1. The molecule has 8 nitrogen and oxygen atoms in total. The van der Waals surface area contributed by atoms with Crippen LogP contribution in [0.4, 0.5) is 0 Å². The van der Waals surface area contributed by atoms with Crippen LogP contribution in [0.1, 0.15) is 34.6 Å². The SMILES string of the molecule is N#CC1(c2cc(Cl)cc(C(=O)NCc3ncnn3-c3cnccn3)c2)CC1. The molecule has 27 heavy (non-hydrogen) atoms. The quantitative estimate of drug-likeness (QED) is 0.727. The lowest BCUT2D eigenvalue weighted by molar-refractivity contribution is 0.0949. The zero-order valence-corrected chi connectivity index (χ0v) is 14.9.